The summed E-state index contributed by atoms with van der Waals surface area (Å²) in [6.45, 7) is 2.37. The summed E-state index contributed by atoms with van der Waals surface area (Å²) in [6.07, 6.45) is 1.74. The first-order valence-corrected chi connectivity index (χ1v) is 5.84. The molecule has 0 aromatic carbocycles. The fourth-order valence-electron chi connectivity index (χ4n) is 1.52. The number of amides is 1. The molecule has 0 unspecified atom stereocenters. The third-order valence-corrected chi connectivity index (χ3v) is 2.93. The van der Waals surface area contributed by atoms with E-state index in [0.717, 1.165) is 11.3 Å². The van der Waals surface area contributed by atoms with E-state index in [0.29, 0.717) is 17.4 Å². The molecule has 0 saturated heterocycles. The van der Waals surface area contributed by atoms with Gasteiger partial charge in [-0.1, -0.05) is 17.7 Å². The fraction of sp³-hybridized carbons (Fsp3) is 0.250. The van der Waals surface area contributed by atoms with E-state index in [-0.39, 0.29) is 5.91 Å². The third kappa shape index (κ3) is 2.68. The van der Waals surface area contributed by atoms with Crippen molar-refractivity contribution in [3.8, 4) is 0 Å². The molecule has 1 amide bonds. The Morgan fingerprint density at radius 1 is 1.50 bits per heavy atom. The molecule has 1 N–H and O–H groups in total. The summed E-state index contributed by atoms with van der Waals surface area (Å²) in [4.78, 5) is 15.8. The van der Waals surface area contributed by atoms with Crippen LogP contribution in [-0.4, -0.2) is 20.7 Å². The molecule has 0 aliphatic carbocycles. The normalized spacial score (nSPS) is 10.4. The molecule has 2 rings (SSSR count). The van der Waals surface area contributed by atoms with E-state index in [1.54, 1.807) is 29.1 Å². The smallest absolute Gasteiger partial charge is 0.270 e. The van der Waals surface area contributed by atoms with Crippen LogP contribution in [0.5, 0.6) is 0 Å². The molecule has 2 heterocycles. The van der Waals surface area contributed by atoms with E-state index >= 15 is 0 Å². The zero-order valence-electron chi connectivity index (χ0n) is 10.1. The number of aryl methyl sites for hydroxylation is 1. The first kappa shape index (κ1) is 12.6. The van der Waals surface area contributed by atoms with Gasteiger partial charge in [0.05, 0.1) is 6.20 Å². The van der Waals surface area contributed by atoms with Crippen molar-refractivity contribution in [3.63, 3.8) is 0 Å². The van der Waals surface area contributed by atoms with E-state index in [9.17, 15) is 4.79 Å². The van der Waals surface area contributed by atoms with Crippen LogP contribution in [0.2, 0.25) is 5.15 Å². The molecule has 0 radical (unpaired) electrons. The zero-order chi connectivity index (χ0) is 13.1. The minimum absolute atomic E-state index is 0.249. The van der Waals surface area contributed by atoms with Gasteiger partial charge in [0.1, 0.15) is 10.8 Å². The number of hydrogen-bond donors (Lipinski definition) is 1. The van der Waals surface area contributed by atoms with Crippen LogP contribution in [0.1, 0.15) is 21.7 Å². The third-order valence-electron chi connectivity index (χ3n) is 2.72. The van der Waals surface area contributed by atoms with Gasteiger partial charge in [0.2, 0.25) is 0 Å². The van der Waals surface area contributed by atoms with Crippen LogP contribution >= 0.6 is 11.6 Å². The molecule has 5 nitrogen and oxygen atoms in total. The van der Waals surface area contributed by atoms with Crippen LogP contribution in [0.4, 0.5) is 0 Å². The predicted octanol–water partition coefficient (Wildman–Crippen LogP) is 1.71. The average Bonchev–Trinajstić information content (AvgIpc) is 2.67. The molecule has 0 bridgehead atoms. The van der Waals surface area contributed by atoms with E-state index in [1.807, 2.05) is 14.0 Å². The maximum absolute atomic E-state index is 11.8. The van der Waals surface area contributed by atoms with E-state index in [2.05, 4.69) is 15.4 Å². The summed E-state index contributed by atoms with van der Waals surface area (Å²) >= 11 is 5.73. The number of halogens is 1. The zero-order valence-corrected chi connectivity index (χ0v) is 10.9. The molecule has 6 heteroatoms. The molecule has 0 fully saturated rings. The second-order valence-electron chi connectivity index (χ2n) is 3.91. The van der Waals surface area contributed by atoms with Gasteiger partial charge < -0.3 is 5.32 Å². The SMILES string of the molecule is Cc1c(CNC(=O)c2cccc(Cl)n2)cnn1C. The van der Waals surface area contributed by atoms with Crippen molar-refractivity contribution in [2.45, 2.75) is 13.5 Å². The largest absolute Gasteiger partial charge is 0.346 e. The Morgan fingerprint density at radius 3 is 2.89 bits per heavy atom. The first-order chi connectivity index (χ1) is 8.58. The Balaban J connectivity index is 2.03. The van der Waals surface area contributed by atoms with Gasteiger partial charge in [0.15, 0.2) is 0 Å². The van der Waals surface area contributed by atoms with Crippen LogP contribution in [0.15, 0.2) is 24.4 Å². The number of pyridine rings is 1. The van der Waals surface area contributed by atoms with Crippen molar-refractivity contribution in [1.82, 2.24) is 20.1 Å². The van der Waals surface area contributed by atoms with Gasteiger partial charge >= 0.3 is 0 Å². The van der Waals surface area contributed by atoms with Crippen LogP contribution < -0.4 is 5.32 Å². The van der Waals surface area contributed by atoms with Crippen LogP contribution in [0.25, 0.3) is 0 Å². The van der Waals surface area contributed by atoms with Crippen molar-refractivity contribution >= 4 is 17.5 Å². The molecule has 2 aromatic heterocycles. The standard InChI is InChI=1S/C12H13ClN4O/c1-8-9(7-15-17(8)2)6-14-12(18)10-4-3-5-11(13)16-10/h3-5,7H,6H2,1-2H3,(H,14,18). The van der Waals surface area contributed by atoms with Gasteiger partial charge in [-0.25, -0.2) is 4.98 Å². The Kier molecular flexibility index (Phi) is 3.62. The molecule has 0 spiro atoms. The lowest BCUT2D eigenvalue weighted by atomic mass is 10.2. The number of hydrogen-bond acceptors (Lipinski definition) is 3. The van der Waals surface area contributed by atoms with Crippen LogP contribution in [-0.2, 0) is 13.6 Å². The van der Waals surface area contributed by atoms with E-state index in [1.165, 1.54) is 0 Å². The van der Waals surface area contributed by atoms with Crippen molar-refractivity contribution in [2.75, 3.05) is 0 Å². The number of nitrogens with one attached hydrogen (secondary N) is 1. The van der Waals surface area contributed by atoms with Crippen molar-refractivity contribution in [3.05, 3.63) is 46.5 Å². The molecular formula is C12H13ClN4O. The highest BCUT2D eigenvalue weighted by Crippen LogP contribution is 2.07. The molecule has 0 saturated carbocycles. The topological polar surface area (TPSA) is 59.8 Å². The Labute approximate surface area is 110 Å². The van der Waals surface area contributed by atoms with Gasteiger partial charge in [-0.15, -0.1) is 0 Å². The van der Waals surface area contributed by atoms with Gasteiger partial charge in [-0.05, 0) is 19.1 Å². The second-order valence-corrected chi connectivity index (χ2v) is 4.29. The highest BCUT2D eigenvalue weighted by molar-refractivity contribution is 6.29. The maximum Gasteiger partial charge on any atom is 0.270 e. The predicted molar refractivity (Wildman–Crippen MR) is 68.4 cm³/mol. The summed E-state index contributed by atoms with van der Waals surface area (Å²) in [5.41, 5.74) is 2.31. The molecule has 18 heavy (non-hydrogen) atoms. The lowest BCUT2D eigenvalue weighted by Gasteiger charge is -2.04. The van der Waals surface area contributed by atoms with Gasteiger partial charge in [-0.3, -0.25) is 9.48 Å². The maximum atomic E-state index is 11.8. The molecule has 94 valence electrons. The quantitative estimate of drug-likeness (QED) is 0.859. The highest BCUT2D eigenvalue weighted by Gasteiger charge is 2.09. The monoisotopic (exact) mass is 264 g/mol. The van der Waals surface area contributed by atoms with E-state index in [4.69, 9.17) is 11.6 Å². The van der Waals surface area contributed by atoms with Crippen molar-refractivity contribution in [1.29, 1.82) is 0 Å². The highest BCUT2D eigenvalue weighted by atomic mass is 35.5. The lowest BCUT2D eigenvalue weighted by molar-refractivity contribution is 0.0946. The van der Waals surface area contributed by atoms with Gasteiger partial charge in [0, 0.05) is 24.8 Å². The number of carbonyl (C=O) groups excluding carboxylic acids is 1. The minimum Gasteiger partial charge on any atom is -0.346 e. The van der Waals surface area contributed by atoms with Crippen LogP contribution in [0.3, 0.4) is 0 Å². The summed E-state index contributed by atoms with van der Waals surface area (Å²) in [5, 5.41) is 7.20. The van der Waals surface area contributed by atoms with Gasteiger partial charge in [-0.2, -0.15) is 5.10 Å². The van der Waals surface area contributed by atoms with Crippen molar-refractivity contribution < 1.29 is 4.79 Å². The average molecular weight is 265 g/mol. The Hall–Kier alpha value is -1.88. The fourth-order valence-corrected chi connectivity index (χ4v) is 1.68. The summed E-state index contributed by atoms with van der Waals surface area (Å²) in [6, 6.07) is 4.94. The minimum atomic E-state index is -0.249. The van der Waals surface area contributed by atoms with Gasteiger partial charge in [0.25, 0.3) is 5.91 Å². The number of rotatable bonds is 3. The molecular weight excluding hydrogens is 252 g/mol. The number of nitrogens with zero attached hydrogens (tertiary/aromatic N) is 3. The molecule has 0 aliphatic heterocycles. The first-order valence-electron chi connectivity index (χ1n) is 5.46. The van der Waals surface area contributed by atoms with Crippen molar-refractivity contribution in [2.24, 2.45) is 7.05 Å². The number of aromatic nitrogens is 3. The van der Waals surface area contributed by atoms with E-state index < -0.39 is 0 Å². The second kappa shape index (κ2) is 5.18. The Morgan fingerprint density at radius 2 is 2.28 bits per heavy atom. The molecule has 0 aliphatic rings. The number of carbonyl (C=O) groups is 1. The molecule has 2 aromatic rings. The summed E-state index contributed by atoms with van der Waals surface area (Å²) in [7, 11) is 1.86. The molecule has 0 atom stereocenters. The van der Waals surface area contributed by atoms with Crippen LogP contribution in [0, 0.1) is 6.92 Å². The Bertz CT molecular complexity index is 579. The summed E-state index contributed by atoms with van der Waals surface area (Å²) < 4.78 is 1.76. The summed E-state index contributed by atoms with van der Waals surface area (Å²) in [5.74, 6) is -0.249. The lowest BCUT2D eigenvalue weighted by Crippen LogP contribution is -2.24.